The normalized spacial score (nSPS) is 24.7. The smallest absolute Gasteiger partial charge is 0.332 e. The molecule has 3 unspecified atom stereocenters. The molecule has 0 aromatic heterocycles. The van der Waals surface area contributed by atoms with Crippen LogP contribution in [0, 0.1) is 0 Å². The van der Waals surface area contributed by atoms with Gasteiger partial charge in [0.1, 0.15) is 6.04 Å². The fourth-order valence-electron chi connectivity index (χ4n) is 5.02. The first-order chi connectivity index (χ1) is 14.5. The fourth-order valence-corrected chi connectivity index (χ4v) is 5.02. The van der Waals surface area contributed by atoms with Crippen molar-refractivity contribution in [3.63, 3.8) is 0 Å². The predicted molar refractivity (Wildman–Crippen MR) is 108 cm³/mol. The van der Waals surface area contributed by atoms with Gasteiger partial charge in [-0.2, -0.15) is 0 Å². The van der Waals surface area contributed by atoms with Crippen LogP contribution < -0.4 is 4.90 Å². The van der Waals surface area contributed by atoms with Crippen LogP contribution in [0.5, 0.6) is 0 Å². The number of carbonyl (C=O) groups is 4. The van der Waals surface area contributed by atoms with Crippen molar-refractivity contribution in [2.24, 2.45) is 0 Å². The molecule has 2 aromatic carbocycles. The minimum Gasteiger partial charge on any atom is -0.469 e. The number of imide groups is 1. The van der Waals surface area contributed by atoms with Gasteiger partial charge in [-0.05, 0) is 17.9 Å². The Morgan fingerprint density at radius 3 is 2.63 bits per heavy atom. The summed E-state index contributed by atoms with van der Waals surface area (Å²) in [7, 11) is 1.28. The van der Waals surface area contributed by atoms with Crippen LogP contribution in [-0.4, -0.2) is 65.4 Å². The average Bonchev–Trinajstić information content (AvgIpc) is 3.43. The Morgan fingerprint density at radius 1 is 1.07 bits per heavy atom. The van der Waals surface area contributed by atoms with Crippen molar-refractivity contribution in [2.45, 2.75) is 37.4 Å². The number of esters is 1. The molecule has 154 valence electrons. The summed E-state index contributed by atoms with van der Waals surface area (Å²) in [6.07, 6.45) is 0.639. The van der Waals surface area contributed by atoms with Gasteiger partial charge >= 0.3 is 12.0 Å². The van der Waals surface area contributed by atoms with Gasteiger partial charge in [-0.15, -0.1) is 0 Å². The molecule has 3 aliphatic heterocycles. The number of hydrogen-bond donors (Lipinski definition) is 0. The van der Waals surface area contributed by atoms with Gasteiger partial charge in [-0.25, -0.2) is 9.69 Å². The van der Waals surface area contributed by atoms with Crippen molar-refractivity contribution < 1.29 is 23.9 Å². The number of urea groups is 1. The topological polar surface area (TPSA) is 87.2 Å². The second kappa shape index (κ2) is 6.83. The molecule has 0 N–H and O–H groups in total. The summed E-state index contributed by atoms with van der Waals surface area (Å²) in [6.45, 7) is 0.392. The van der Waals surface area contributed by atoms with Crippen LogP contribution in [0.15, 0.2) is 42.5 Å². The predicted octanol–water partition coefficient (Wildman–Crippen LogP) is 1.91. The van der Waals surface area contributed by atoms with E-state index in [0.717, 1.165) is 10.8 Å². The number of benzene rings is 2. The number of ether oxygens (including phenoxy) is 1. The number of fused-ring (bicyclic) bond motifs is 6. The highest BCUT2D eigenvalue weighted by molar-refractivity contribution is 6.25. The van der Waals surface area contributed by atoms with Gasteiger partial charge in [0.25, 0.3) is 5.91 Å². The van der Waals surface area contributed by atoms with E-state index in [9.17, 15) is 19.2 Å². The third kappa shape index (κ3) is 2.59. The third-order valence-electron chi connectivity index (χ3n) is 6.36. The Morgan fingerprint density at radius 2 is 1.83 bits per heavy atom. The summed E-state index contributed by atoms with van der Waals surface area (Å²) < 4.78 is 4.60. The average molecular weight is 407 g/mol. The van der Waals surface area contributed by atoms with E-state index in [1.165, 1.54) is 12.0 Å². The largest absolute Gasteiger partial charge is 0.469 e. The first-order valence-electron chi connectivity index (χ1n) is 10.0. The quantitative estimate of drug-likeness (QED) is 0.571. The monoisotopic (exact) mass is 407 g/mol. The van der Waals surface area contributed by atoms with E-state index in [1.807, 2.05) is 36.4 Å². The molecule has 2 aromatic rings. The summed E-state index contributed by atoms with van der Waals surface area (Å²) in [5.41, 5.74) is 0.570. The summed E-state index contributed by atoms with van der Waals surface area (Å²) >= 11 is 0. The Bertz CT molecular complexity index is 1080. The molecule has 0 spiro atoms. The van der Waals surface area contributed by atoms with E-state index in [0.29, 0.717) is 18.7 Å². The first-order valence-corrected chi connectivity index (χ1v) is 10.0. The molecule has 3 aliphatic rings. The Balaban J connectivity index is 1.42. The van der Waals surface area contributed by atoms with Crippen molar-refractivity contribution in [1.82, 2.24) is 9.80 Å². The Kier molecular flexibility index (Phi) is 4.23. The molecule has 0 aliphatic carbocycles. The van der Waals surface area contributed by atoms with Crippen LogP contribution in [0.2, 0.25) is 0 Å². The number of hydrogen-bond acceptors (Lipinski definition) is 5. The zero-order chi connectivity index (χ0) is 21.0. The van der Waals surface area contributed by atoms with Gasteiger partial charge in [0.15, 0.2) is 0 Å². The van der Waals surface area contributed by atoms with E-state index in [2.05, 4.69) is 4.74 Å². The van der Waals surface area contributed by atoms with Crippen LogP contribution in [0.3, 0.4) is 0 Å². The van der Waals surface area contributed by atoms with E-state index < -0.39 is 12.0 Å². The van der Waals surface area contributed by atoms with Gasteiger partial charge in [0.2, 0.25) is 5.91 Å². The highest BCUT2D eigenvalue weighted by Gasteiger charge is 2.62. The lowest BCUT2D eigenvalue weighted by atomic mass is 10.1. The van der Waals surface area contributed by atoms with Crippen molar-refractivity contribution >= 4 is 40.3 Å². The van der Waals surface area contributed by atoms with Crippen molar-refractivity contribution in [3.8, 4) is 0 Å². The standard InChI is InChI=1S/C22H21N3O5/c1-30-19(27)10-9-18(26)23-12-14-11-17(23)20-21(28)25(22(29)24(14)20)16-8-4-6-13-5-2-3-7-15(13)16/h2-8,14,17,20H,9-12H2,1H3. The number of nitrogens with zero attached hydrogens (tertiary/aromatic N) is 3. The lowest BCUT2D eigenvalue weighted by Crippen LogP contribution is -2.54. The number of carbonyl (C=O) groups excluding carboxylic acids is 4. The third-order valence-corrected chi connectivity index (χ3v) is 6.36. The summed E-state index contributed by atoms with van der Waals surface area (Å²) in [5, 5.41) is 1.78. The highest BCUT2D eigenvalue weighted by atomic mass is 16.5. The number of rotatable bonds is 4. The zero-order valence-electron chi connectivity index (χ0n) is 16.5. The first kappa shape index (κ1) is 18.6. The number of methoxy groups -OCH3 is 1. The molecule has 0 radical (unpaired) electrons. The molecule has 3 heterocycles. The maximum absolute atomic E-state index is 13.4. The highest BCUT2D eigenvalue weighted by Crippen LogP contribution is 2.43. The molecule has 3 fully saturated rings. The van der Waals surface area contributed by atoms with E-state index in [-0.39, 0.29) is 42.8 Å². The van der Waals surface area contributed by atoms with Crippen LogP contribution in [-0.2, 0) is 19.1 Å². The van der Waals surface area contributed by atoms with Gasteiger partial charge in [0, 0.05) is 18.4 Å². The summed E-state index contributed by atoms with van der Waals surface area (Å²) in [6, 6.07) is 11.7. The molecule has 8 nitrogen and oxygen atoms in total. The molecule has 0 saturated carbocycles. The SMILES string of the molecule is COC(=O)CCC(=O)N1CC2CC1C1C(=O)N(c3cccc4ccccc34)C(=O)N21. The number of likely N-dealkylation sites (tertiary alicyclic amines) is 1. The molecular weight excluding hydrogens is 386 g/mol. The van der Waals surface area contributed by atoms with Crippen LogP contribution in [0.25, 0.3) is 10.8 Å². The van der Waals surface area contributed by atoms with Gasteiger partial charge in [-0.3, -0.25) is 14.4 Å². The lowest BCUT2D eigenvalue weighted by Gasteiger charge is -2.34. The van der Waals surface area contributed by atoms with Crippen molar-refractivity contribution in [3.05, 3.63) is 42.5 Å². The summed E-state index contributed by atoms with van der Waals surface area (Å²) in [4.78, 5) is 55.2. The van der Waals surface area contributed by atoms with Crippen molar-refractivity contribution in [1.29, 1.82) is 0 Å². The number of anilines is 1. The van der Waals surface area contributed by atoms with Crippen LogP contribution in [0.4, 0.5) is 10.5 Å². The van der Waals surface area contributed by atoms with Gasteiger partial charge in [-0.1, -0.05) is 36.4 Å². The maximum atomic E-state index is 13.4. The van der Waals surface area contributed by atoms with Crippen LogP contribution >= 0.6 is 0 Å². The minimum absolute atomic E-state index is 0.00656. The lowest BCUT2D eigenvalue weighted by molar-refractivity contribution is -0.144. The number of piperazine rings is 1. The van der Waals surface area contributed by atoms with E-state index in [4.69, 9.17) is 0 Å². The molecule has 30 heavy (non-hydrogen) atoms. The van der Waals surface area contributed by atoms with E-state index in [1.54, 1.807) is 15.9 Å². The Hall–Kier alpha value is -3.42. The molecule has 2 bridgehead atoms. The molecule has 4 amide bonds. The summed E-state index contributed by atoms with van der Waals surface area (Å²) in [5.74, 6) is -0.922. The zero-order valence-corrected chi connectivity index (χ0v) is 16.5. The Labute approximate surface area is 173 Å². The molecular formula is C22H21N3O5. The maximum Gasteiger partial charge on any atom is 0.332 e. The second-order valence-corrected chi connectivity index (χ2v) is 7.89. The number of amides is 4. The molecule has 3 saturated heterocycles. The second-order valence-electron chi connectivity index (χ2n) is 7.89. The van der Waals surface area contributed by atoms with Gasteiger partial charge in [0.05, 0.1) is 31.3 Å². The molecule has 8 heteroatoms. The minimum atomic E-state index is -0.669. The molecule has 5 rings (SSSR count). The van der Waals surface area contributed by atoms with Crippen molar-refractivity contribution in [2.75, 3.05) is 18.6 Å². The van der Waals surface area contributed by atoms with Crippen LogP contribution in [0.1, 0.15) is 19.3 Å². The molecule has 3 atom stereocenters. The van der Waals surface area contributed by atoms with E-state index >= 15 is 0 Å². The fraction of sp³-hybridized carbons (Fsp3) is 0.364. The van der Waals surface area contributed by atoms with Gasteiger partial charge < -0.3 is 14.5 Å².